The van der Waals surface area contributed by atoms with Gasteiger partial charge in [0.2, 0.25) is 0 Å². The molecule has 0 bridgehead atoms. The Hall–Kier alpha value is -1.49. The molecule has 0 radical (unpaired) electrons. The predicted molar refractivity (Wildman–Crippen MR) is 72.4 cm³/mol. The lowest BCUT2D eigenvalue weighted by molar-refractivity contribution is 0.0682. The van der Waals surface area contributed by atoms with E-state index in [-0.39, 0.29) is 18.6 Å². The second-order valence-corrected chi connectivity index (χ2v) is 4.61. The van der Waals surface area contributed by atoms with Gasteiger partial charge in [-0.2, -0.15) is 0 Å². The van der Waals surface area contributed by atoms with Crippen molar-refractivity contribution in [3.8, 4) is 0 Å². The summed E-state index contributed by atoms with van der Waals surface area (Å²) in [5, 5.41) is 8.89. The zero-order chi connectivity index (χ0) is 13.7. The minimum absolute atomic E-state index is 0.0306. The van der Waals surface area contributed by atoms with E-state index in [1.54, 1.807) is 17.2 Å². The molecule has 5 heteroatoms. The van der Waals surface area contributed by atoms with Crippen LogP contribution in [0.5, 0.6) is 0 Å². The number of hydrogen-bond donors (Lipinski definition) is 2. The summed E-state index contributed by atoms with van der Waals surface area (Å²) in [6.45, 7) is 7.28. The fourth-order valence-electron chi connectivity index (χ4n) is 1.96. The number of carbonyl (C=O) groups excluding carboxylic acids is 1. The summed E-state index contributed by atoms with van der Waals surface area (Å²) < 4.78 is 1.85. The Balaban J connectivity index is 2.94. The summed E-state index contributed by atoms with van der Waals surface area (Å²) >= 11 is 0. The predicted octanol–water partition coefficient (Wildman–Crippen LogP) is 1.32. The molecule has 5 nitrogen and oxygen atoms in total. The van der Waals surface area contributed by atoms with Crippen LogP contribution in [0.25, 0.3) is 0 Å². The minimum Gasteiger partial charge on any atom is -0.397 e. The van der Waals surface area contributed by atoms with Crippen LogP contribution < -0.4 is 5.73 Å². The molecular formula is C13H23N3O2. The van der Waals surface area contributed by atoms with Crippen LogP contribution in [-0.4, -0.2) is 39.7 Å². The van der Waals surface area contributed by atoms with Crippen LogP contribution in [0.1, 0.15) is 37.7 Å². The molecule has 1 aromatic rings. The molecule has 0 saturated heterocycles. The van der Waals surface area contributed by atoms with Gasteiger partial charge in [0.15, 0.2) is 0 Å². The highest BCUT2D eigenvalue weighted by Gasteiger charge is 2.21. The first-order valence-corrected chi connectivity index (χ1v) is 6.38. The average Bonchev–Trinajstić information content (AvgIpc) is 2.70. The van der Waals surface area contributed by atoms with Crippen LogP contribution in [0.3, 0.4) is 0 Å². The first-order valence-electron chi connectivity index (χ1n) is 6.38. The number of aromatic nitrogens is 1. The van der Waals surface area contributed by atoms with E-state index in [4.69, 9.17) is 10.8 Å². The van der Waals surface area contributed by atoms with Gasteiger partial charge in [0, 0.05) is 31.9 Å². The molecule has 0 aliphatic carbocycles. The first kappa shape index (κ1) is 14.6. The van der Waals surface area contributed by atoms with E-state index in [0.717, 1.165) is 0 Å². The van der Waals surface area contributed by atoms with Crippen molar-refractivity contribution in [2.75, 3.05) is 18.9 Å². The number of aliphatic hydroxyl groups is 1. The van der Waals surface area contributed by atoms with E-state index in [2.05, 4.69) is 0 Å². The third-order valence-electron chi connectivity index (χ3n) is 2.92. The normalized spacial score (nSPS) is 10.9. The smallest absolute Gasteiger partial charge is 0.270 e. The summed E-state index contributed by atoms with van der Waals surface area (Å²) in [6, 6.07) is 1.81. The molecule has 0 fully saturated rings. The molecule has 1 aromatic heterocycles. The summed E-state index contributed by atoms with van der Waals surface area (Å²) in [5.74, 6) is -0.0306. The Morgan fingerprint density at radius 1 is 1.56 bits per heavy atom. The lowest BCUT2D eigenvalue weighted by Crippen LogP contribution is -2.39. The summed E-state index contributed by atoms with van der Waals surface area (Å²) in [7, 11) is 0. The highest BCUT2D eigenvalue weighted by Crippen LogP contribution is 2.15. The fourth-order valence-corrected chi connectivity index (χ4v) is 1.96. The molecule has 1 heterocycles. The maximum Gasteiger partial charge on any atom is 0.270 e. The van der Waals surface area contributed by atoms with E-state index in [0.29, 0.717) is 30.9 Å². The Bertz CT molecular complexity index is 399. The molecule has 0 spiro atoms. The van der Waals surface area contributed by atoms with Gasteiger partial charge >= 0.3 is 0 Å². The number of nitrogens with zero attached hydrogens (tertiary/aromatic N) is 2. The number of aryl methyl sites for hydroxylation is 1. The zero-order valence-electron chi connectivity index (χ0n) is 11.4. The molecule has 0 unspecified atom stereocenters. The first-order chi connectivity index (χ1) is 8.51. The monoisotopic (exact) mass is 253 g/mol. The largest absolute Gasteiger partial charge is 0.397 e. The Morgan fingerprint density at radius 2 is 2.22 bits per heavy atom. The SMILES string of the molecule is CCn1cc(N)cc1C(=O)N(CCCO)C(C)C. The van der Waals surface area contributed by atoms with Gasteiger partial charge in [-0.05, 0) is 33.3 Å². The standard InChI is InChI=1S/C13H23N3O2/c1-4-15-9-11(14)8-12(15)13(18)16(10(2)3)6-5-7-17/h8-10,17H,4-7,14H2,1-3H3. The Morgan fingerprint density at radius 3 is 2.72 bits per heavy atom. The van der Waals surface area contributed by atoms with Crippen LogP contribution in [0, 0.1) is 0 Å². The summed E-state index contributed by atoms with van der Waals surface area (Å²) in [6.07, 6.45) is 2.37. The maximum atomic E-state index is 12.5. The topological polar surface area (TPSA) is 71.5 Å². The van der Waals surface area contributed by atoms with Crippen molar-refractivity contribution in [1.82, 2.24) is 9.47 Å². The summed E-state index contributed by atoms with van der Waals surface area (Å²) in [5.41, 5.74) is 6.95. The number of aliphatic hydroxyl groups excluding tert-OH is 1. The van der Waals surface area contributed by atoms with Crippen LogP contribution in [0.15, 0.2) is 12.3 Å². The molecule has 0 aliphatic heterocycles. The number of hydrogen-bond acceptors (Lipinski definition) is 3. The number of amides is 1. The molecule has 18 heavy (non-hydrogen) atoms. The lowest BCUT2D eigenvalue weighted by Gasteiger charge is -2.26. The highest BCUT2D eigenvalue weighted by molar-refractivity contribution is 5.94. The van der Waals surface area contributed by atoms with Crippen molar-refractivity contribution >= 4 is 11.6 Å². The molecule has 3 N–H and O–H groups in total. The van der Waals surface area contributed by atoms with E-state index in [9.17, 15) is 4.79 Å². The molecule has 0 saturated carbocycles. The Kier molecular flexibility index (Phi) is 5.22. The second kappa shape index (κ2) is 6.44. The Labute approximate surface area is 108 Å². The minimum atomic E-state index is -0.0306. The molecule has 1 rings (SSSR count). The number of anilines is 1. The molecule has 102 valence electrons. The van der Waals surface area contributed by atoms with Crippen molar-refractivity contribution in [2.45, 2.75) is 39.8 Å². The summed E-state index contributed by atoms with van der Waals surface area (Å²) in [4.78, 5) is 14.2. The quantitative estimate of drug-likeness (QED) is 0.803. The lowest BCUT2D eigenvalue weighted by atomic mass is 10.2. The molecule has 1 amide bonds. The number of nitrogen functional groups attached to an aromatic ring is 1. The van der Waals surface area contributed by atoms with Crippen molar-refractivity contribution in [1.29, 1.82) is 0 Å². The van der Waals surface area contributed by atoms with Gasteiger partial charge in [-0.25, -0.2) is 0 Å². The van der Waals surface area contributed by atoms with Gasteiger partial charge in [-0.15, -0.1) is 0 Å². The molecule has 0 aromatic carbocycles. The molecule has 0 aliphatic rings. The molecule has 0 atom stereocenters. The zero-order valence-corrected chi connectivity index (χ0v) is 11.4. The maximum absolute atomic E-state index is 12.5. The van der Waals surface area contributed by atoms with Crippen LogP contribution >= 0.6 is 0 Å². The third-order valence-corrected chi connectivity index (χ3v) is 2.92. The number of nitrogens with two attached hydrogens (primary N) is 1. The molecular weight excluding hydrogens is 230 g/mol. The van der Waals surface area contributed by atoms with Crippen LogP contribution in [-0.2, 0) is 6.54 Å². The average molecular weight is 253 g/mol. The van der Waals surface area contributed by atoms with E-state index in [1.807, 2.05) is 25.3 Å². The third kappa shape index (κ3) is 3.26. The van der Waals surface area contributed by atoms with Gasteiger partial charge < -0.3 is 20.3 Å². The van der Waals surface area contributed by atoms with Crippen molar-refractivity contribution in [2.24, 2.45) is 0 Å². The second-order valence-electron chi connectivity index (χ2n) is 4.61. The highest BCUT2D eigenvalue weighted by atomic mass is 16.3. The van der Waals surface area contributed by atoms with Gasteiger partial charge in [0.05, 0.1) is 5.69 Å². The van der Waals surface area contributed by atoms with Gasteiger partial charge in [-0.1, -0.05) is 0 Å². The van der Waals surface area contributed by atoms with Gasteiger partial charge in [-0.3, -0.25) is 4.79 Å². The van der Waals surface area contributed by atoms with Gasteiger partial charge in [0.25, 0.3) is 5.91 Å². The van der Waals surface area contributed by atoms with E-state index >= 15 is 0 Å². The number of rotatable bonds is 6. The van der Waals surface area contributed by atoms with Crippen molar-refractivity contribution in [3.63, 3.8) is 0 Å². The van der Waals surface area contributed by atoms with E-state index < -0.39 is 0 Å². The van der Waals surface area contributed by atoms with Crippen molar-refractivity contribution < 1.29 is 9.90 Å². The van der Waals surface area contributed by atoms with Gasteiger partial charge in [0.1, 0.15) is 5.69 Å². The van der Waals surface area contributed by atoms with Crippen LogP contribution in [0.4, 0.5) is 5.69 Å². The fraction of sp³-hybridized carbons (Fsp3) is 0.615. The van der Waals surface area contributed by atoms with E-state index in [1.165, 1.54) is 0 Å². The van der Waals surface area contributed by atoms with Crippen molar-refractivity contribution in [3.05, 3.63) is 18.0 Å². The number of carbonyl (C=O) groups is 1. The van der Waals surface area contributed by atoms with Crippen LogP contribution in [0.2, 0.25) is 0 Å².